The van der Waals surface area contributed by atoms with E-state index in [9.17, 15) is 0 Å². The van der Waals surface area contributed by atoms with E-state index in [0.717, 1.165) is 11.3 Å². The van der Waals surface area contributed by atoms with Gasteiger partial charge in [0, 0.05) is 6.54 Å². The van der Waals surface area contributed by atoms with Crippen molar-refractivity contribution in [1.29, 1.82) is 0 Å². The molecule has 2 heterocycles. The number of hydrogen-bond donors (Lipinski definition) is 1. The molecule has 122 valence electrons. The molecule has 2 saturated heterocycles. The first-order valence-corrected chi connectivity index (χ1v) is 9.53. The first-order valence-electron chi connectivity index (χ1n) is 9.53. The van der Waals surface area contributed by atoms with Crippen LogP contribution in [-0.2, 0) is 0 Å². The van der Waals surface area contributed by atoms with Crippen LogP contribution in [0.1, 0.15) is 71.6 Å². The fourth-order valence-corrected chi connectivity index (χ4v) is 5.21. The molecule has 3 rings (SSSR count). The van der Waals surface area contributed by atoms with Crippen molar-refractivity contribution in [1.82, 2.24) is 10.2 Å². The molecule has 0 aromatic heterocycles. The summed E-state index contributed by atoms with van der Waals surface area (Å²) in [6.45, 7) is 11.5. The number of likely N-dealkylation sites (tertiary alicyclic amines) is 1. The minimum absolute atomic E-state index is 0.477. The fraction of sp³-hybridized carbons (Fsp3) is 1.00. The molecule has 0 aromatic carbocycles. The lowest BCUT2D eigenvalue weighted by molar-refractivity contribution is 0.0304. The Bertz CT molecular complexity index is 314. The van der Waals surface area contributed by atoms with Gasteiger partial charge in [0.2, 0.25) is 0 Å². The van der Waals surface area contributed by atoms with Gasteiger partial charge in [0.25, 0.3) is 0 Å². The number of rotatable bonds is 3. The Kier molecular flexibility index (Phi) is 4.95. The van der Waals surface area contributed by atoms with Gasteiger partial charge >= 0.3 is 0 Å². The highest BCUT2D eigenvalue weighted by atomic mass is 15.1. The normalized spacial score (nSPS) is 31.4. The number of nitrogens with zero attached hydrogens (tertiary/aromatic N) is 1. The molecule has 3 aliphatic rings. The number of piperidine rings is 2. The van der Waals surface area contributed by atoms with Crippen LogP contribution in [0, 0.1) is 16.7 Å². The molecule has 0 bridgehead atoms. The van der Waals surface area contributed by atoms with E-state index in [0.29, 0.717) is 5.41 Å². The van der Waals surface area contributed by atoms with Gasteiger partial charge in [-0.05, 0) is 81.5 Å². The molecule has 1 unspecified atom stereocenters. The zero-order chi connectivity index (χ0) is 14.8. The quantitative estimate of drug-likeness (QED) is 0.844. The Labute approximate surface area is 132 Å². The maximum atomic E-state index is 3.61. The predicted molar refractivity (Wildman–Crippen MR) is 90.6 cm³/mol. The zero-order valence-electron chi connectivity index (χ0n) is 14.4. The van der Waals surface area contributed by atoms with Crippen molar-refractivity contribution in [3.05, 3.63) is 0 Å². The summed E-state index contributed by atoms with van der Waals surface area (Å²) in [5.74, 6) is 0.872. The Morgan fingerprint density at radius 3 is 2.33 bits per heavy atom. The van der Waals surface area contributed by atoms with Gasteiger partial charge in [-0.2, -0.15) is 0 Å². The van der Waals surface area contributed by atoms with Gasteiger partial charge < -0.3 is 10.2 Å². The predicted octanol–water partition coefficient (Wildman–Crippen LogP) is 4.06. The summed E-state index contributed by atoms with van der Waals surface area (Å²) >= 11 is 0. The standard InChI is InChI=1S/C19H36N2/c1-18(2,17-7-6-12-20-15-17)16-21-13-10-19(11-14-21)8-4-3-5-9-19/h17,20H,3-16H2,1-2H3. The second-order valence-corrected chi connectivity index (χ2v) is 8.87. The van der Waals surface area contributed by atoms with Crippen molar-refractivity contribution < 1.29 is 0 Å². The lowest BCUT2D eigenvalue weighted by Crippen LogP contribution is -2.48. The second-order valence-electron chi connectivity index (χ2n) is 8.87. The highest BCUT2D eigenvalue weighted by Gasteiger charge is 2.38. The number of hydrogen-bond acceptors (Lipinski definition) is 2. The maximum Gasteiger partial charge on any atom is 0.00358 e. The zero-order valence-corrected chi connectivity index (χ0v) is 14.4. The highest BCUT2D eigenvalue weighted by molar-refractivity contribution is 4.91. The molecular formula is C19H36N2. The van der Waals surface area contributed by atoms with Gasteiger partial charge in [-0.25, -0.2) is 0 Å². The molecule has 1 saturated carbocycles. The minimum Gasteiger partial charge on any atom is -0.316 e. The van der Waals surface area contributed by atoms with E-state index in [-0.39, 0.29) is 0 Å². The van der Waals surface area contributed by atoms with E-state index in [2.05, 4.69) is 24.1 Å². The topological polar surface area (TPSA) is 15.3 Å². The van der Waals surface area contributed by atoms with Crippen molar-refractivity contribution in [2.24, 2.45) is 16.7 Å². The van der Waals surface area contributed by atoms with E-state index in [1.165, 1.54) is 90.5 Å². The van der Waals surface area contributed by atoms with Gasteiger partial charge in [0.1, 0.15) is 0 Å². The van der Waals surface area contributed by atoms with Crippen molar-refractivity contribution in [2.75, 3.05) is 32.7 Å². The molecule has 0 aromatic rings. The monoisotopic (exact) mass is 292 g/mol. The van der Waals surface area contributed by atoms with Gasteiger partial charge in [0.15, 0.2) is 0 Å². The van der Waals surface area contributed by atoms with Crippen molar-refractivity contribution in [2.45, 2.75) is 71.6 Å². The van der Waals surface area contributed by atoms with Crippen LogP contribution in [0.3, 0.4) is 0 Å². The third-order valence-corrected chi connectivity index (χ3v) is 6.86. The van der Waals surface area contributed by atoms with Crippen molar-refractivity contribution in [3.63, 3.8) is 0 Å². The average Bonchev–Trinajstić information content (AvgIpc) is 2.52. The molecule has 2 aliphatic heterocycles. The van der Waals surface area contributed by atoms with Crippen LogP contribution in [0.4, 0.5) is 0 Å². The smallest absolute Gasteiger partial charge is 0.00358 e. The van der Waals surface area contributed by atoms with Gasteiger partial charge in [-0.1, -0.05) is 33.1 Å². The molecular weight excluding hydrogens is 256 g/mol. The first-order chi connectivity index (χ1) is 10.1. The highest BCUT2D eigenvalue weighted by Crippen LogP contribution is 2.45. The van der Waals surface area contributed by atoms with E-state index < -0.39 is 0 Å². The van der Waals surface area contributed by atoms with Gasteiger partial charge in [-0.15, -0.1) is 0 Å². The second kappa shape index (κ2) is 6.58. The van der Waals surface area contributed by atoms with Crippen molar-refractivity contribution >= 4 is 0 Å². The van der Waals surface area contributed by atoms with Gasteiger partial charge in [-0.3, -0.25) is 0 Å². The lowest BCUT2D eigenvalue weighted by Gasteiger charge is -2.47. The van der Waals surface area contributed by atoms with E-state index in [1.54, 1.807) is 0 Å². The third kappa shape index (κ3) is 3.82. The van der Waals surface area contributed by atoms with Crippen LogP contribution in [0.15, 0.2) is 0 Å². The summed E-state index contributed by atoms with van der Waals surface area (Å²) in [7, 11) is 0. The minimum atomic E-state index is 0.477. The molecule has 3 fully saturated rings. The summed E-state index contributed by atoms with van der Waals surface area (Å²) in [5.41, 5.74) is 1.23. The summed E-state index contributed by atoms with van der Waals surface area (Å²) < 4.78 is 0. The van der Waals surface area contributed by atoms with Crippen LogP contribution < -0.4 is 5.32 Å². The molecule has 21 heavy (non-hydrogen) atoms. The van der Waals surface area contributed by atoms with Crippen LogP contribution in [-0.4, -0.2) is 37.6 Å². The maximum absolute atomic E-state index is 3.61. The van der Waals surface area contributed by atoms with Crippen LogP contribution in [0.25, 0.3) is 0 Å². The van der Waals surface area contributed by atoms with Crippen LogP contribution in [0.5, 0.6) is 0 Å². The Morgan fingerprint density at radius 1 is 1.00 bits per heavy atom. The molecule has 2 nitrogen and oxygen atoms in total. The molecule has 0 radical (unpaired) electrons. The van der Waals surface area contributed by atoms with Crippen LogP contribution in [0.2, 0.25) is 0 Å². The van der Waals surface area contributed by atoms with Crippen molar-refractivity contribution in [3.8, 4) is 0 Å². The third-order valence-electron chi connectivity index (χ3n) is 6.86. The lowest BCUT2D eigenvalue weighted by atomic mass is 9.67. The summed E-state index contributed by atoms with van der Waals surface area (Å²) in [6.07, 6.45) is 13.3. The molecule has 2 heteroatoms. The molecule has 1 atom stereocenters. The Morgan fingerprint density at radius 2 is 1.71 bits per heavy atom. The average molecular weight is 293 g/mol. The Hall–Kier alpha value is -0.0800. The van der Waals surface area contributed by atoms with Gasteiger partial charge in [0.05, 0.1) is 0 Å². The fourth-order valence-electron chi connectivity index (χ4n) is 5.21. The number of nitrogens with one attached hydrogen (secondary N) is 1. The molecule has 0 amide bonds. The van der Waals surface area contributed by atoms with Crippen LogP contribution >= 0.6 is 0 Å². The first kappa shape index (κ1) is 15.8. The Balaban J connectivity index is 1.50. The van der Waals surface area contributed by atoms with E-state index >= 15 is 0 Å². The molecule has 1 spiro atoms. The van der Waals surface area contributed by atoms with E-state index in [1.807, 2.05) is 0 Å². The molecule has 1 aliphatic carbocycles. The summed E-state index contributed by atoms with van der Waals surface area (Å²) in [6, 6.07) is 0. The summed E-state index contributed by atoms with van der Waals surface area (Å²) in [4.78, 5) is 2.79. The summed E-state index contributed by atoms with van der Waals surface area (Å²) in [5, 5.41) is 3.61. The van der Waals surface area contributed by atoms with E-state index in [4.69, 9.17) is 0 Å². The SMILES string of the molecule is CC(C)(CN1CCC2(CCCCC2)CC1)C1CCCNC1. The molecule has 1 N–H and O–H groups in total. The largest absolute Gasteiger partial charge is 0.316 e.